The molecule has 5 heteroatoms. The average Bonchev–Trinajstić information content (AvgIpc) is 3.20. The van der Waals surface area contributed by atoms with Gasteiger partial charge in [-0.25, -0.2) is 0 Å². The molecule has 4 rings (SSSR count). The number of hydrogen-bond acceptors (Lipinski definition) is 4. The fourth-order valence-electron chi connectivity index (χ4n) is 4.34. The zero-order valence-electron chi connectivity index (χ0n) is 16.5. The van der Waals surface area contributed by atoms with E-state index in [0.717, 1.165) is 11.1 Å². The van der Waals surface area contributed by atoms with E-state index in [0.29, 0.717) is 10.6 Å². The maximum Gasteiger partial charge on any atom is 0.323 e. The molecule has 1 N–H and O–H groups in total. The van der Waals surface area contributed by atoms with Crippen LogP contribution in [0.5, 0.6) is 0 Å². The van der Waals surface area contributed by atoms with Gasteiger partial charge in [0.05, 0.1) is 13.0 Å². The van der Waals surface area contributed by atoms with Crippen molar-refractivity contribution in [3.8, 4) is 0 Å². The van der Waals surface area contributed by atoms with Crippen LogP contribution in [0.1, 0.15) is 33.4 Å². The summed E-state index contributed by atoms with van der Waals surface area (Å²) in [5.74, 6) is -1.34. The van der Waals surface area contributed by atoms with Gasteiger partial charge in [0.2, 0.25) is 0 Å². The third-order valence-corrected chi connectivity index (χ3v) is 5.91. The number of nitrogens with one attached hydrogen (secondary N) is 1. The molecule has 0 aromatic heterocycles. The minimum absolute atomic E-state index is 0.0201. The molecule has 0 saturated carbocycles. The highest BCUT2D eigenvalue weighted by Crippen LogP contribution is 2.45. The molecule has 0 spiro atoms. The zero-order valence-corrected chi connectivity index (χ0v) is 17.3. The van der Waals surface area contributed by atoms with Crippen LogP contribution in [0.25, 0.3) is 0 Å². The van der Waals surface area contributed by atoms with E-state index in [4.69, 9.17) is 16.3 Å². The number of ether oxygens (including phenoxy) is 1. The van der Waals surface area contributed by atoms with E-state index in [1.165, 1.54) is 7.11 Å². The van der Waals surface area contributed by atoms with E-state index >= 15 is 0 Å². The van der Waals surface area contributed by atoms with Crippen LogP contribution >= 0.6 is 11.6 Å². The van der Waals surface area contributed by atoms with Gasteiger partial charge in [-0.1, -0.05) is 84.4 Å². The molecule has 0 bridgehead atoms. The number of carbonyl (C=O) groups is 2. The second-order valence-corrected chi connectivity index (χ2v) is 7.83. The van der Waals surface area contributed by atoms with E-state index in [9.17, 15) is 9.59 Å². The molecule has 1 aliphatic heterocycles. The molecule has 0 amide bonds. The van der Waals surface area contributed by atoms with Gasteiger partial charge in [0.1, 0.15) is 6.04 Å². The molecule has 152 valence electrons. The van der Waals surface area contributed by atoms with Crippen LogP contribution < -0.4 is 5.32 Å². The highest BCUT2D eigenvalue weighted by Gasteiger charge is 2.51. The highest BCUT2D eigenvalue weighted by atomic mass is 35.5. The second kappa shape index (κ2) is 8.82. The van der Waals surface area contributed by atoms with Crippen molar-refractivity contribution in [2.45, 2.75) is 18.0 Å². The number of rotatable bonds is 5. The maximum absolute atomic E-state index is 13.7. The van der Waals surface area contributed by atoms with Crippen LogP contribution in [0.2, 0.25) is 5.02 Å². The van der Waals surface area contributed by atoms with Gasteiger partial charge in [-0.2, -0.15) is 0 Å². The number of hydrogen-bond donors (Lipinski definition) is 1. The molecule has 3 aromatic rings. The topological polar surface area (TPSA) is 55.4 Å². The number of esters is 1. The Morgan fingerprint density at radius 1 is 0.867 bits per heavy atom. The van der Waals surface area contributed by atoms with Crippen molar-refractivity contribution in [2.75, 3.05) is 7.11 Å². The van der Waals surface area contributed by atoms with E-state index < -0.39 is 23.8 Å². The number of carbonyl (C=O) groups excluding carboxylic acids is 2. The Morgan fingerprint density at radius 2 is 1.50 bits per heavy atom. The zero-order chi connectivity index (χ0) is 21.1. The lowest BCUT2D eigenvalue weighted by Crippen LogP contribution is -2.36. The Kier molecular flexibility index (Phi) is 5.98. The molecule has 3 aromatic carbocycles. The summed E-state index contributed by atoms with van der Waals surface area (Å²) in [5.41, 5.74) is 2.39. The maximum atomic E-state index is 13.7. The van der Waals surface area contributed by atoms with Crippen LogP contribution in [0.15, 0.2) is 84.9 Å². The standard InChI is InChI=1S/C25H22ClNO3/c1-30-25(29)23-20(18-13-8-14-19(26)15-18)21(24(28)17-11-6-3-7-12-17)22(27-23)16-9-4-2-5-10-16/h2-15,20-23,27H,1H3/t20-,21-,22-,23-/m1/s1. The molecule has 0 unspecified atom stereocenters. The Labute approximate surface area is 180 Å². The van der Waals surface area contributed by atoms with Gasteiger partial charge in [0.25, 0.3) is 0 Å². The van der Waals surface area contributed by atoms with Crippen LogP contribution in [-0.4, -0.2) is 24.9 Å². The van der Waals surface area contributed by atoms with Crippen molar-refractivity contribution in [1.29, 1.82) is 0 Å². The number of ketones is 1. The van der Waals surface area contributed by atoms with E-state index in [1.807, 2.05) is 78.9 Å². The summed E-state index contributed by atoms with van der Waals surface area (Å²) in [6.45, 7) is 0. The van der Waals surface area contributed by atoms with Gasteiger partial charge in [-0.15, -0.1) is 0 Å². The van der Waals surface area contributed by atoms with Crippen LogP contribution in [-0.2, 0) is 9.53 Å². The SMILES string of the molecule is COC(=O)[C@@H]1N[C@H](c2ccccc2)[C@H](C(=O)c2ccccc2)[C@H]1c1cccc(Cl)c1. The minimum Gasteiger partial charge on any atom is -0.468 e. The van der Waals surface area contributed by atoms with Crippen molar-refractivity contribution >= 4 is 23.4 Å². The summed E-state index contributed by atoms with van der Waals surface area (Å²) in [6, 6.07) is 25.3. The summed E-state index contributed by atoms with van der Waals surface area (Å²) < 4.78 is 5.09. The molecule has 0 aliphatic carbocycles. The second-order valence-electron chi connectivity index (χ2n) is 7.39. The van der Waals surface area contributed by atoms with Crippen molar-refractivity contribution in [3.05, 3.63) is 107 Å². The third kappa shape index (κ3) is 3.89. The Bertz CT molecular complexity index is 1040. The first kappa shape index (κ1) is 20.3. The van der Waals surface area contributed by atoms with E-state index in [-0.39, 0.29) is 11.8 Å². The molecule has 0 radical (unpaired) electrons. The van der Waals surface area contributed by atoms with Gasteiger partial charge < -0.3 is 4.74 Å². The van der Waals surface area contributed by atoms with Gasteiger partial charge in [-0.05, 0) is 23.3 Å². The molecule has 30 heavy (non-hydrogen) atoms. The lowest BCUT2D eigenvalue weighted by Gasteiger charge is -2.25. The molecule has 1 heterocycles. The van der Waals surface area contributed by atoms with Gasteiger partial charge in [-0.3, -0.25) is 14.9 Å². The summed E-state index contributed by atoms with van der Waals surface area (Å²) >= 11 is 6.26. The van der Waals surface area contributed by atoms with Gasteiger partial charge in [0.15, 0.2) is 5.78 Å². The van der Waals surface area contributed by atoms with E-state index in [1.54, 1.807) is 6.07 Å². The van der Waals surface area contributed by atoms with Gasteiger partial charge >= 0.3 is 5.97 Å². The number of halogens is 1. The van der Waals surface area contributed by atoms with Crippen LogP contribution in [0, 0.1) is 5.92 Å². The largest absolute Gasteiger partial charge is 0.468 e. The fourth-order valence-corrected chi connectivity index (χ4v) is 4.54. The third-order valence-electron chi connectivity index (χ3n) is 5.67. The predicted molar refractivity (Wildman–Crippen MR) is 117 cm³/mol. The predicted octanol–water partition coefficient (Wildman–Crippen LogP) is 4.81. The summed E-state index contributed by atoms with van der Waals surface area (Å²) in [5, 5.41) is 3.95. The number of Topliss-reactive ketones (excluding diaryl/α,β-unsaturated/α-hetero) is 1. The fraction of sp³-hybridized carbons (Fsp3) is 0.200. The molecule has 4 nitrogen and oxygen atoms in total. The minimum atomic E-state index is -0.670. The van der Waals surface area contributed by atoms with E-state index in [2.05, 4.69) is 5.32 Å². The molecular formula is C25H22ClNO3. The number of benzene rings is 3. The summed E-state index contributed by atoms with van der Waals surface area (Å²) in [4.78, 5) is 26.5. The molecule has 4 atom stereocenters. The van der Waals surface area contributed by atoms with Crippen LogP contribution in [0.3, 0.4) is 0 Å². The first-order valence-electron chi connectivity index (χ1n) is 9.83. The summed E-state index contributed by atoms with van der Waals surface area (Å²) in [6.07, 6.45) is 0. The monoisotopic (exact) mass is 419 g/mol. The van der Waals surface area contributed by atoms with Crippen molar-refractivity contribution < 1.29 is 14.3 Å². The normalized spacial score (nSPS) is 23.1. The Hall–Kier alpha value is -2.95. The quantitative estimate of drug-likeness (QED) is 0.476. The van der Waals surface area contributed by atoms with Crippen LogP contribution in [0.4, 0.5) is 0 Å². The number of methoxy groups -OCH3 is 1. The average molecular weight is 420 g/mol. The van der Waals surface area contributed by atoms with Gasteiger partial charge in [0, 0.05) is 22.5 Å². The van der Waals surface area contributed by atoms with Crippen molar-refractivity contribution in [1.82, 2.24) is 5.32 Å². The molecular weight excluding hydrogens is 398 g/mol. The molecule has 1 saturated heterocycles. The molecule has 1 aliphatic rings. The smallest absolute Gasteiger partial charge is 0.323 e. The Balaban J connectivity index is 1.87. The molecule has 1 fully saturated rings. The lowest BCUT2D eigenvalue weighted by atomic mass is 9.76. The Morgan fingerprint density at radius 3 is 2.13 bits per heavy atom. The van der Waals surface area contributed by atoms with Crippen molar-refractivity contribution in [3.63, 3.8) is 0 Å². The summed E-state index contributed by atoms with van der Waals surface area (Å²) in [7, 11) is 1.36. The first-order valence-corrected chi connectivity index (χ1v) is 10.2. The van der Waals surface area contributed by atoms with Crippen molar-refractivity contribution in [2.24, 2.45) is 5.92 Å². The lowest BCUT2D eigenvalue weighted by molar-refractivity contribution is -0.143. The highest BCUT2D eigenvalue weighted by molar-refractivity contribution is 6.30. The first-order chi connectivity index (χ1) is 14.6.